The van der Waals surface area contributed by atoms with Gasteiger partial charge in [0.05, 0.1) is 23.3 Å². The Morgan fingerprint density at radius 3 is 2.28 bits per heavy atom. The molecule has 0 aliphatic rings. The second-order valence-corrected chi connectivity index (χ2v) is 9.63. The number of fused-ring (bicyclic) bond motifs is 3. The van der Waals surface area contributed by atoms with Gasteiger partial charge in [0.15, 0.2) is 0 Å². The molecule has 0 aliphatic heterocycles. The van der Waals surface area contributed by atoms with Gasteiger partial charge in [-0.05, 0) is 42.0 Å². The van der Waals surface area contributed by atoms with Crippen molar-refractivity contribution in [2.75, 3.05) is 6.61 Å². The van der Waals surface area contributed by atoms with Gasteiger partial charge in [0.25, 0.3) is 5.16 Å². The summed E-state index contributed by atoms with van der Waals surface area (Å²) in [6.07, 6.45) is 0. The minimum Gasteiger partial charge on any atom is -0.492 e. The second kappa shape index (κ2) is 8.29. The number of benzene rings is 3. The van der Waals surface area contributed by atoms with Crippen molar-refractivity contribution in [2.24, 2.45) is 0 Å². The van der Waals surface area contributed by atoms with Gasteiger partial charge in [0, 0.05) is 5.02 Å². The van der Waals surface area contributed by atoms with Gasteiger partial charge in [-0.2, -0.15) is 0 Å². The van der Waals surface area contributed by atoms with E-state index in [9.17, 15) is 8.42 Å². The Balaban J connectivity index is 1.52. The molecule has 0 atom stereocenters. The number of imidazole rings is 1. The van der Waals surface area contributed by atoms with Gasteiger partial charge >= 0.3 is 0 Å². The van der Waals surface area contributed by atoms with Crippen LogP contribution in [-0.4, -0.2) is 34.2 Å². The predicted molar refractivity (Wildman–Crippen MR) is 123 cm³/mol. The highest BCUT2D eigenvalue weighted by Gasteiger charge is 2.26. The molecule has 2 heterocycles. The van der Waals surface area contributed by atoms with Crippen LogP contribution in [0.3, 0.4) is 0 Å². The number of para-hydroxylation sites is 3. The average molecular weight is 467 g/mol. The Labute approximate surface area is 189 Å². The number of ether oxygens (including phenoxy) is 1. The predicted octanol–water partition coefficient (Wildman–Crippen LogP) is 4.39. The first-order chi connectivity index (χ1) is 15.5. The van der Waals surface area contributed by atoms with Crippen molar-refractivity contribution in [1.82, 2.24) is 19.2 Å². The van der Waals surface area contributed by atoms with Gasteiger partial charge in [-0.1, -0.05) is 54.1 Å². The van der Waals surface area contributed by atoms with Gasteiger partial charge < -0.3 is 9.30 Å². The van der Waals surface area contributed by atoms with Crippen LogP contribution in [0, 0.1) is 0 Å². The summed E-state index contributed by atoms with van der Waals surface area (Å²) in [6, 6.07) is 23.8. The molecule has 0 aliphatic carbocycles. The van der Waals surface area contributed by atoms with Crippen molar-refractivity contribution >= 4 is 38.2 Å². The molecule has 162 valence electrons. The smallest absolute Gasteiger partial charge is 0.256 e. The van der Waals surface area contributed by atoms with Crippen LogP contribution in [0.4, 0.5) is 0 Å². The lowest BCUT2D eigenvalue weighted by molar-refractivity contribution is 0.301. The van der Waals surface area contributed by atoms with Crippen LogP contribution in [0.5, 0.6) is 5.75 Å². The molecule has 2 aromatic heterocycles. The maximum atomic E-state index is 13.2. The molecule has 0 N–H and O–H groups in total. The highest BCUT2D eigenvalue weighted by molar-refractivity contribution is 7.90. The maximum Gasteiger partial charge on any atom is 0.256 e. The molecular weight excluding hydrogens is 448 g/mol. The van der Waals surface area contributed by atoms with Gasteiger partial charge in [-0.3, -0.25) is 0 Å². The van der Waals surface area contributed by atoms with E-state index in [4.69, 9.17) is 16.3 Å². The zero-order valence-corrected chi connectivity index (χ0v) is 18.5. The molecule has 7 nitrogen and oxygen atoms in total. The fourth-order valence-corrected chi connectivity index (χ4v) is 5.20. The highest BCUT2D eigenvalue weighted by Crippen LogP contribution is 2.25. The molecular formula is C23H19ClN4O3S. The minimum absolute atomic E-state index is 0.0821. The van der Waals surface area contributed by atoms with E-state index in [0.717, 1.165) is 16.8 Å². The Bertz CT molecular complexity index is 1490. The summed E-state index contributed by atoms with van der Waals surface area (Å²) in [5, 5.41) is 8.75. The van der Waals surface area contributed by atoms with E-state index >= 15 is 0 Å². The number of hydrogen-bond donors (Lipinski definition) is 0. The summed E-state index contributed by atoms with van der Waals surface area (Å²) in [5.41, 5.74) is 2.21. The standard InChI is InChI=1S/C23H19ClN4O3S/c24-18-12-10-17(11-13-18)16-32(29,30)23-26-25-22-27(14-15-31-19-6-2-1-3-7-19)20-8-4-5-9-21(20)28(22)23/h1-13H,14-16H2. The van der Waals surface area contributed by atoms with Crippen LogP contribution in [0.1, 0.15) is 5.56 Å². The first-order valence-corrected chi connectivity index (χ1v) is 12.0. The SMILES string of the molecule is O=S(=O)(Cc1ccc(Cl)cc1)c1nnc2n(CCOc3ccccc3)c3ccccc3n12. The summed E-state index contributed by atoms with van der Waals surface area (Å²) in [4.78, 5) is 0. The summed E-state index contributed by atoms with van der Waals surface area (Å²) in [5.74, 6) is 1.03. The first kappa shape index (κ1) is 20.5. The van der Waals surface area contributed by atoms with Crippen LogP contribution in [0.15, 0.2) is 84.0 Å². The van der Waals surface area contributed by atoms with E-state index in [1.54, 1.807) is 28.7 Å². The second-order valence-electron chi connectivity index (χ2n) is 7.31. The van der Waals surface area contributed by atoms with Crippen molar-refractivity contribution in [2.45, 2.75) is 17.5 Å². The molecule has 5 aromatic rings. The monoisotopic (exact) mass is 466 g/mol. The number of rotatable bonds is 7. The number of hydrogen-bond acceptors (Lipinski definition) is 5. The van der Waals surface area contributed by atoms with E-state index < -0.39 is 9.84 Å². The third-order valence-electron chi connectivity index (χ3n) is 5.15. The third kappa shape index (κ3) is 3.83. The van der Waals surface area contributed by atoms with Crippen LogP contribution in [0.25, 0.3) is 16.8 Å². The van der Waals surface area contributed by atoms with Crippen molar-refractivity contribution < 1.29 is 13.2 Å². The van der Waals surface area contributed by atoms with Crippen LogP contribution < -0.4 is 4.74 Å². The van der Waals surface area contributed by atoms with E-state index in [2.05, 4.69) is 10.2 Å². The molecule has 32 heavy (non-hydrogen) atoms. The van der Waals surface area contributed by atoms with Crippen molar-refractivity contribution in [3.05, 3.63) is 89.4 Å². The van der Waals surface area contributed by atoms with Crippen LogP contribution in [-0.2, 0) is 22.1 Å². The maximum absolute atomic E-state index is 13.2. The molecule has 3 aromatic carbocycles. The van der Waals surface area contributed by atoms with Crippen molar-refractivity contribution in [1.29, 1.82) is 0 Å². The number of aromatic nitrogens is 4. The molecule has 0 spiro atoms. The van der Waals surface area contributed by atoms with Gasteiger partial charge in [-0.25, -0.2) is 12.8 Å². The van der Waals surface area contributed by atoms with Gasteiger partial charge in [0.2, 0.25) is 15.6 Å². The molecule has 0 radical (unpaired) electrons. The van der Waals surface area contributed by atoms with E-state index in [1.165, 1.54) is 0 Å². The molecule has 0 fully saturated rings. The Morgan fingerprint density at radius 1 is 0.844 bits per heavy atom. The number of halogens is 1. The van der Waals surface area contributed by atoms with E-state index in [-0.39, 0.29) is 10.9 Å². The molecule has 9 heteroatoms. The Morgan fingerprint density at radius 2 is 1.53 bits per heavy atom. The lowest BCUT2D eigenvalue weighted by Gasteiger charge is -2.07. The number of sulfone groups is 1. The molecule has 0 saturated heterocycles. The van der Waals surface area contributed by atoms with Crippen molar-refractivity contribution in [3.8, 4) is 5.75 Å². The topological polar surface area (TPSA) is 78.5 Å². The number of nitrogens with zero attached hydrogens (tertiary/aromatic N) is 4. The quantitative estimate of drug-likeness (QED) is 0.355. The zero-order chi connectivity index (χ0) is 22.1. The molecule has 0 bridgehead atoms. The average Bonchev–Trinajstić information content (AvgIpc) is 3.36. The van der Waals surface area contributed by atoms with Crippen LogP contribution in [0.2, 0.25) is 5.02 Å². The molecule has 0 saturated carbocycles. The van der Waals surface area contributed by atoms with Crippen LogP contribution >= 0.6 is 11.6 Å². The van der Waals surface area contributed by atoms with Gasteiger partial charge in [-0.15, -0.1) is 10.2 Å². The fraction of sp³-hybridized carbons (Fsp3) is 0.130. The van der Waals surface area contributed by atoms with Gasteiger partial charge in [0.1, 0.15) is 12.4 Å². The lowest BCUT2D eigenvalue weighted by atomic mass is 10.2. The fourth-order valence-electron chi connectivity index (χ4n) is 3.70. The molecule has 5 rings (SSSR count). The lowest BCUT2D eigenvalue weighted by Crippen LogP contribution is -2.09. The largest absolute Gasteiger partial charge is 0.492 e. The third-order valence-corrected chi connectivity index (χ3v) is 6.93. The minimum atomic E-state index is -3.75. The summed E-state index contributed by atoms with van der Waals surface area (Å²) >= 11 is 5.92. The first-order valence-electron chi connectivity index (χ1n) is 10.0. The summed E-state index contributed by atoms with van der Waals surface area (Å²) < 4.78 is 35.8. The molecule has 0 amide bonds. The van der Waals surface area contributed by atoms with Crippen molar-refractivity contribution in [3.63, 3.8) is 0 Å². The van der Waals surface area contributed by atoms with E-state index in [0.29, 0.717) is 29.5 Å². The highest BCUT2D eigenvalue weighted by atomic mass is 35.5. The summed E-state index contributed by atoms with van der Waals surface area (Å²) in [7, 11) is -3.75. The Hall–Kier alpha value is -3.36. The summed E-state index contributed by atoms with van der Waals surface area (Å²) in [6.45, 7) is 0.888. The normalized spacial score (nSPS) is 11.9. The Kier molecular flexibility index (Phi) is 5.32. The van der Waals surface area contributed by atoms with E-state index in [1.807, 2.05) is 59.2 Å². The molecule has 0 unspecified atom stereocenters. The zero-order valence-electron chi connectivity index (χ0n) is 16.9.